The molecule has 2 aromatic heterocycles. The molecule has 0 unspecified atom stereocenters. The van der Waals surface area contributed by atoms with Gasteiger partial charge < -0.3 is 10.1 Å². The number of thiophene rings is 1. The molecule has 0 radical (unpaired) electrons. The van der Waals surface area contributed by atoms with Crippen LogP contribution in [0.25, 0.3) is 0 Å². The molecule has 0 saturated carbocycles. The van der Waals surface area contributed by atoms with Crippen molar-refractivity contribution < 1.29 is 4.74 Å². The van der Waals surface area contributed by atoms with E-state index >= 15 is 0 Å². The summed E-state index contributed by atoms with van der Waals surface area (Å²) in [4.78, 5) is 5.75. The highest BCUT2D eigenvalue weighted by atomic mass is 32.1. The van der Waals surface area contributed by atoms with Crippen LogP contribution in [0, 0.1) is 13.8 Å². The lowest BCUT2D eigenvalue weighted by Gasteiger charge is -2.14. The molecule has 0 atom stereocenters. The van der Waals surface area contributed by atoms with E-state index in [4.69, 9.17) is 4.74 Å². The lowest BCUT2D eigenvalue weighted by Crippen LogP contribution is -2.15. The Bertz CT molecular complexity index is 523. The topological polar surface area (TPSA) is 34.2 Å². The number of ether oxygens (including phenoxy) is 1. The fraction of sp³-hybridized carbons (Fsp3) is 0.400. The van der Waals surface area contributed by atoms with E-state index in [1.807, 2.05) is 13.0 Å². The van der Waals surface area contributed by atoms with Crippen LogP contribution in [0.3, 0.4) is 0 Å². The Morgan fingerprint density at radius 1 is 1.37 bits per heavy atom. The molecule has 0 amide bonds. The zero-order valence-corrected chi connectivity index (χ0v) is 12.5. The van der Waals surface area contributed by atoms with Gasteiger partial charge in [-0.05, 0) is 43.5 Å². The maximum Gasteiger partial charge on any atom is 0.218 e. The molecule has 0 aliphatic carbocycles. The molecule has 0 saturated heterocycles. The summed E-state index contributed by atoms with van der Waals surface area (Å²) >= 11 is 1.71. The molecule has 2 rings (SSSR count). The van der Waals surface area contributed by atoms with Crippen LogP contribution in [0.5, 0.6) is 5.88 Å². The van der Waals surface area contributed by atoms with E-state index in [1.54, 1.807) is 11.3 Å². The van der Waals surface area contributed by atoms with Crippen LogP contribution in [-0.2, 0) is 13.2 Å². The predicted molar refractivity (Wildman–Crippen MR) is 79.7 cm³/mol. The van der Waals surface area contributed by atoms with Gasteiger partial charge >= 0.3 is 0 Å². The van der Waals surface area contributed by atoms with Crippen LogP contribution >= 0.6 is 11.3 Å². The Hall–Kier alpha value is -1.39. The molecule has 102 valence electrons. The standard InChI is InChI=1S/C15H20N2OS/c1-4-16-9-14-11(2)8-12(3)17-15(14)18-10-13-6-5-7-19-13/h5-8,16H,4,9-10H2,1-3H3. The fourth-order valence-corrected chi connectivity index (χ4v) is 2.56. The van der Waals surface area contributed by atoms with Crippen LogP contribution in [0.1, 0.15) is 28.6 Å². The summed E-state index contributed by atoms with van der Waals surface area (Å²) in [6.07, 6.45) is 0. The molecule has 0 aliphatic heterocycles. The molecule has 0 fully saturated rings. The van der Waals surface area contributed by atoms with Crippen molar-refractivity contribution in [2.45, 2.75) is 33.9 Å². The second-order valence-corrected chi connectivity index (χ2v) is 5.54. The van der Waals surface area contributed by atoms with Gasteiger partial charge in [-0.25, -0.2) is 4.98 Å². The molecule has 0 aromatic carbocycles. The van der Waals surface area contributed by atoms with Gasteiger partial charge in [-0.15, -0.1) is 11.3 Å². The maximum atomic E-state index is 5.90. The Morgan fingerprint density at radius 2 is 2.21 bits per heavy atom. The number of nitrogens with zero attached hydrogens (tertiary/aromatic N) is 1. The van der Waals surface area contributed by atoms with Gasteiger partial charge in [0.15, 0.2) is 0 Å². The number of hydrogen-bond donors (Lipinski definition) is 1. The molecule has 4 heteroatoms. The first-order valence-corrected chi connectivity index (χ1v) is 7.41. The van der Waals surface area contributed by atoms with E-state index in [2.05, 4.69) is 41.7 Å². The first-order chi connectivity index (χ1) is 9.20. The second kappa shape index (κ2) is 6.68. The van der Waals surface area contributed by atoms with Gasteiger partial charge in [0, 0.05) is 22.7 Å². The van der Waals surface area contributed by atoms with Crippen LogP contribution in [0.4, 0.5) is 0 Å². The highest BCUT2D eigenvalue weighted by Crippen LogP contribution is 2.22. The van der Waals surface area contributed by atoms with Crippen molar-refractivity contribution in [1.82, 2.24) is 10.3 Å². The first-order valence-electron chi connectivity index (χ1n) is 6.53. The highest BCUT2D eigenvalue weighted by molar-refractivity contribution is 7.09. The van der Waals surface area contributed by atoms with Crippen LogP contribution in [0.2, 0.25) is 0 Å². The molecule has 2 heterocycles. The normalized spacial score (nSPS) is 10.7. The van der Waals surface area contributed by atoms with Crippen molar-refractivity contribution in [1.29, 1.82) is 0 Å². The van der Waals surface area contributed by atoms with E-state index in [9.17, 15) is 0 Å². The minimum Gasteiger partial charge on any atom is -0.472 e. The summed E-state index contributed by atoms with van der Waals surface area (Å²) in [5.74, 6) is 0.756. The first kappa shape index (κ1) is 14.0. The monoisotopic (exact) mass is 276 g/mol. The third-order valence-corrected chi connectivity index (χ3v) is 3.77. The van der Waals surface area contributed by atoms with E-state index in [0.717, 1.165) is 30.2 Å². The van der Waals surface area contributed by atoms with Gasteiger partial charge in [0.05, 0.1) is 0 Å². The summed E-state index contributed by atoms with van der Waals surface area (Å²) in [7, 11) is 0. The minimum atomic E-state index is 0.590. The van der Waals surface area contributed by atoms with Crippen LogP contribution < -0.4 is 10.1 Å². The number of rotatable bonds is 6. The zero-order chi connectivity index (χ0) is 13.7. The van der Waals surface area contributed by atoms with Crippen molar-refractivity contribution in [3.8, 4) is 5.88 Å². The van der Waals surface area contributed by atoms with Crippen molar-refractivity contribution in [2.24, 2.45) is 0 Å². The third-order valence-electron chi connectivity index (χ3n) is 2.92. The molecular formula is C15H20N2OS. The summed E-state index contributed by atoms with van der Waals surface area (Å²) in [6.45, 7) is 8.55. The SMILES string of the molecule is CCNCc1c(C)cc(C)nc1OCc1cccs1. The third kappa shape index (κ3) is 3.78. The molecule has 0 bridgehead atoms. The largest absolute Gasteiger partial charge is 0.472 e. The van der Waals surface area contributed by atoms with Crippen molar-refractivity contribution >= 4 is 11.3 Å². The smallest absolute Gasteiger partial charge is 0.218 e. The molecule has 1 N–H and O–H groups in total. The van der Waals surface area contributed by atoms with E-state index in [0.29, 0.717) is 6.61 Å². The number of pyridine rings is 1. The molecule has 0 aliphatic rings. The lowest BCUT2D eigenvalue weighted by atomic mass is 10.1. The summed E-state index contributed by atoms with van der Waals surface area (Å²) in [6, 6.07) is 6.22. The molecule has 19 heavy (non-hydrogen) atoms. The Morgan fingerprint density at radius 3 is 2.89 bits per heavy atom. The summed E-state index contributed by atoms with van der Waals surface area (Å²) in [5.41, 5.74) is 3.39. The van der Waals surface area contributed by atoms with E-state index < -0.39 is 0 Å². The van der Waals surface area contributed by atoms with Gasteiger partial charge in [0.25, 0.3) is 0 Å². The zero-order valence-electron chi connectivity index (χ0n) is 11.7. The van der Waals surface area contributed by atoms with Crippen molar-refractivity contribution in [3.63, 3.8) is 0 Å². The maximum absolute atomic E-state index is 5.90. The Balaban J connectivity index is 2.16. The van der Waals surface area contributed by atoms with Gasteiger partial charge in [0.2, 0.25) is 5.88 Å². The van der Waals surface area contributed by atoms with E-state index in [-0.39, 0.29) is 0 Å². The van der Waals surface area contributed by atoms with E-state index in [1.165, 1.54) is 10.4 Å². The number of aryl methyl sites for hydroxylation is 2. The Labute approximate surface area is 118 Å². The van der Waals surface area contributed by atoms with Gasteiger partial charge in [-0.1, -0.05) is 13.0 Å². The highest BCUT2D eigenvalue weighted by Gasteiger charge is 2.10. The second-order valence-electron chi connectivity index (χ2n) is 4.51. The molecule has 3 nitrogen and oxygen atoms in total. The molecule has 2 aromatic rings. The Kier molecular flexibility index (Phi) is 4.93. The van der Waals surface area contributed by atoms with Crippen molar-refractivity contribution in [3.05, 3.63) is 45.3 Å². The predicted octanol–water partition coefficient (Wildman–Crippen LogP) is 3.45. The quantitative estimate of drug-likeness (QED) is 0.877. The fourth-order valence-electron chi connectivity index (χ4n) is 1.95. The van der Waals surface area contributed by atoms with Gasteiger partial charge in [-0.3, -0.25) is 0 Å². The van der Waals surface area contributed by atoms with Crippen molar-refractivity contribution in [2.75, 3.05) is 6.54 Å². The van der Waals surface area contributed by atoms with Crippen LogP contribution in [0.15, 0.2) is 23.6 Å². The lowest BCUT2D eigenvalue weighted by molar-refractivity contribution is 0.292. The minimum absolute atomic E-state index is 0.590. The average Bonchev–Trinajstić information content (AvgIpc) is 2.88. The average molecular weight is 276 g/mol. The summed E-state index contributed by atoms with van der Waals surface area (Å²) in [5, 5.41) is 5.40. The molecule has 0 spiro atoms. The van der Waals surface area contributed by atoms with Gasteiger partial charge in [-0.2, -0.15) is 0 Å². The summed E-state index contributed by atoms with van der Waals surface area (Å²) < 4.78 is 5.90. The number of hydrogen-bond acceptors (Lipinski definition) is 4. The number of nitrogens with one attached hydrogen (secondary N) is 1. The van der Waals surface area contributed by atoms with Crippen LogP contribution in [-0.4, -0.2) is 11.5 Å². The number of aromatic nitrogens is 1. The molecular weight excluding hydrogens is 256 g/mol. The van der Waals surface area contributed by atoms with Gasteiger partial charge in [0.1, 0.15) is 6.61 Å².